The zero-order valence-electron chi connectivity index (χ0n) is 10.8. The average molecular weight is 324 g/mol. The number of hydrogen-bond donors (Lipinski definition) is 1. The van der Waals surface area contributed by atoms with Gasteiger partial charge in [0.25, 0.3) is 0 Å². The van der Waals surface area contributed by atoms with E-state index in [1.165, 1.54) is 0 Å². The highest BCUT2D eigenvalue weighted by Gasteiger charge is 2.16. The van der Waals surface area contributed by atoms with E-state index in [0.29, 0.717) is 5.56 Å². The number of ether oxygens (including phenoxy) is 1. The van der Waals surface area contributed by atoms with Crippen LogP contribution in [0.3, 0.4) is 0 Å². The summed E-state index contributed by atoms with van der Waals surface area (Å²) in [5.74, 6) is -1.12. The van der Waals surface area contributed by atoms with Gasteiger partial charge in [-0.2, -0.15) is 0 Å². The lowest BCUT2D eigenvalue weighted by atomic mass is 10.1. The second-order valence-electron chi connectivity index (χ2n) is 4.23. The summed E-state index contributed by atoms with van der Waals surface area (Å²) in [5.41, 5.74) is 6.38. The average Bonchev–Trinajstić information content (AvgIpc) is 2.45. The van der Waals surface area contributed by atoms with E-state index in [0.717, 1.165) is 5.56 Å². The summed E-state index contributed by atoms with van der Waals surface area (Å²) in [5, 5.41) is 0.466. The van der Waals surface area contributed by atoms with Crippen LogP contribution in [0.15, 0.2) is 42.5 Å². The van der Waals surface area contributed by atoms with Gasteiger partial charge >= 0.3 is 5.97 Å². The third-order valence-electron chi connectivity index (χ3n) is 2.78. The zero-order valence-corrected chi connectivity index (χ0v) is 12.3. The molecule has 2 aromatic carbocycles. The molecule has 0 heterocycles. The van der Waals surface area contributed by atoms with Crippen molar-refractivity contribution in [3.63, 3.8) is 0 Å². The SMILES string of the molecule is NC(=O)c1ccc(COC(=O)c2c(Cl)cccc2Cl)cc1. The van der Waals surface area contributed by atoms with E-state index in [1.54, 1.807) is 42.5 Å². The molecule has 0 aliphatic heterocycles. The molecule has 0 unspecified atom stereocenters. The van der Waals surface area contributed by atoms with Gasteiger partial charge in [0.1, 0.15) is 6.61 Å². The van der Waals surface area contributed by atoms with Crippen LogP contribution < -0.4 is 5.73 Å². The summed E-state index contributed by atoms with van der Waals surface area (Å²) in [6.07, 6.45) is 0. The summed E-state index contributed by atoms with van der Waals surface area (Å²) >= 11 is 11.9. The topological polar surface area (TPSA) is 69.4 Å². The molecule has 0 saturated carbocycles. The molecule has 0 aromatic heterocycles. The quantitative estimate of drug-likeness (QED) is 0.876. The van der Waals surface area contributed by atoms with E-state index in [9.17, 15) is 9.59 Å². The number of primary amides is 1. The summed E-state index contributed by atoms with van der Waals surface area (Å²) in [4.78, 5) is 22.9. The minimum atomic E-state index is -0.607. The van der Waals surface area contributed by atoms with Crippen LogP contribution >= 0.6 is 23.2 Å². The van der Waals surface area contributed by atoms with Crippen LogP contribution in [0.4, 0.5) is 0 Å². The van der Waals surface area contributed by atoms with Gasteiger partial charge < -0.3 is 10.5 Å². The first-order valence-corrected chi connectivity index (χ1v) is 6.74. The molecule has 0 saturated heterocycles. The molecule has 2 N–H and O–H groups in total. The van der Waals surface area contributed by atoms with Crippen molar-refractivity contribution in [1.29, 1.82) is 0 Å². The van der Waals surface area contributed by atoms with Crippen molar-refractivity contribution in [2.75, 3.05) is 0 Å². The molecule has 1 amide bonds. The molecule has 2 aromatic rings. The summed E-state index contributed by atoms with van der Waals surface area (Å²) in [6.45, 7) is 0.0411. The van der Waals surface area contributed by atoms with Crippen molar-refractivity contribution in [1.82, 2.24) is 0 Å². The number of amides is 1. The Balaban J connectivity index is 2.06. The van der Waals surface area contributed by atoms with Gasteiger partial charge in [-0.3, -0.25) is 4.79 Å². The molecular formula is C15H11Cl2NO3. The smallest absolute Gasteiger partial charge is 0.341 e. The lowest BCUT2D eigenvalue weighted by Gasteiger charge is -2.08. The van der Waals surface area contributed by atoms with Gasteiger partial charge in [0.05, 0.1) is 15.6 Å². The Kier molecular flexibility index (Phi) is 4.83. The molecule has 108 valence electrons. The highest BCUT2D eigenvalue weighted by molar-refractivity contribution is 6.39. The fraction of sp³-hybridized carbons (Fsp3) is 0.0667. The van der Waals surface area contributed by atoms with Crippen LogP contribution in [0.1, 0.15) is 26.3 Å². The van der Waals surface area contributed by atoms with E-state index >= 15 is 0 Å². The Morgan fingerprint density at radius 3 is 2.10 bits per heavy atom. The number of carbonyl (C=O) groups excluding carboxylic acids is 2. The van der Waals surface area contributed by atoms with Crippen molar-refractivity contribution >= 4 is 35.1 Å². The Morgan fingerprint density at radius 1 is 1.00 bits per heavy atom. The van der Waals surface area contributed by atoms with Gasteiger partial charge in [-0.1, -0.05) is 41.4 Å². The van der Waals surface area contributed by atoms with Gasteiger partial charge in [0.15, 0.2) is 0 Å². The van der Waals surface area contributed by atoms with Crippen molar-refractivity contribution in [3.8, 4) is 0 Å². The maximum Gasteiger partial charge on any atom is 0.341 e. The van der Waals surface area contributed by atoms with Crippen molar-refractivity contribution in [2.45, 2.75) is 6.61 Å². The summed E-state index contributed by atoms with van der Waals surface area (Å²) in [6, 6.07) is 11.2. The molecule has 0 aliphatic rings. The number of nitrogens with two attached hydrogens (primary N) is 1. The minimum absolute atomic E-state index is 0.0411. The molecule has 4 nitrogen and oxygen atoms in total. The third kappa shape index (κ3) is 3.74. The lowest BCUT2D eigenvalue weighted by molar-refractivity contribution is 0.0473. The van der Waals surface area contributed by atoms with Crippen LogP contribution in [-0.2, 0) is 11.3 Å². The Labute approximate surface area is 131 Å². The van der Waals surface area contributed by atoms with Gasteiger partial charge in [-0.15, -0.1) is 0 Å². The molecular weight excluding hydrogens is 313 g/mol. The van der Waals surface area contributed by atoms with Crippen molar-refractivity contribution in [2.24, 2.45) is 5.73 Å². The molecule has 21 heavy (non-hydrogen) atoms. The second kappa shape index (κ2) is 6.61. The Bertz CT molecular complexity index is 664. The highest BCUT2D eigenvalue weighted by Crippen LogP contribution is 2.25. The van der Waals surface area contributed by atoms with Crippen LogP contribution in [0.5, 0.6) is 0 Å². The Morgan fingerprint density at radius 2 is 1.57 bits per heavy atom. The standard InChI is InChI=1S/C15H11Cl2NO3/c16-11-2-1-3-12(17)13(11)15(20)21-8-9-4-6-10(7-5-9)14(18)19/h1-7H,8H2,(H2,18,19). The van der Waals surface area contributed by atoms with E-state index < -0.39 is 11.9 Å². The zero-order chi connectivity index (χ0) is 15.4. The minimum Gasteiger partial charge on any atom is -0.457 e. The number of esters is 1. The molecule has 0 bridgehead atoms. The summed E-state index contributed by atoms with van der Waals surface area (Å²) < 4.78 is 5.15. The Hall–Kier alpha value is -2.04. The van der Waals surface area contributed by atoms with Crippen molar-refractivity contribution in [3.05, 3.63) is 69.2 Å². The van der Waals surface area contributed by atoms with Gasteiger partial charge in [-0.25, -0.2) is 4.79 Å². The third-order valence-corrected chi connectivity index (χ3v) is 3.41. The first-order chi connectivity index (χ1) is 9.99. The molecule has 0 aliphatic carbocycles. The number of rotatable bonds is 4. The predicted octanol–water partition coefficient (Wildman–Crippen LogP) is 3.45. The number of hydrogen-bond acceptors (Lipinski definition) is 3. The molecule has 0 atom stereocenters. The molecule has 2 rings (SSSR count). The van der Waals surface area contributed by atoms with Crippen LogP contribution in [-0.4, -0.2) is 11.9 Å². The lowest BCUT2D eigenvalue weighted by Crippen LogP contribution is -2.11. The second-order valence-corrected chi connectivity index (χ2v) is 5.05. The van der Waals surface area contributed by atoms with Crippen LogP contribution in [0, 0.1) is 0 Å². The van der Waals surface area contributed by atoms with Crippen molar-refractivity contribution < 1.29 is 14.3 Å². The van der Waals surface area contributed by atoms with E-state index in [4.69, 9.17) is 33.7 Å². The van der Waals surface area contributed by atoms with Crippen LogP contribution in [0.25, 0.3) is 0 Å². The monoisotopic (exact) mass is 323 g/mol. The van der Waals surface area contributed by atoms with Crippen LogP contribution in [0.2, 0.25) is 10.0 Å². The van der Waals surface area contributed by atoms with Gasteiger partial charge in [0.2, 0.25) is 5.91 Å². The fourth-order valence-electron chi connectivity index (χ4n) is 1.68. The predicted molar refractivity (Wildman–Crippen MR) is 80.5 cm³/mol. The van der Waals surface area contributed by atoms with Gasteiger partial charge in [0, 0.05) is 5.56 Å². The molecule has 0 radical (unpaired) electrons. The maximum atomic E-state index is 12.0. The normalized spacial score (nSPS) is 10.2. The van der Waals surface area contributed by atoms with E-state index in [1.807, 2.05) is 0 Å². The number of benzene rings is 2. The molecule has 6 heteroatoms. The first-order valence-electron chi connectivity index (χ1n) is 5.99. The largest absolute Gasteiger partial charge is 0.457 e. The molecule has 0 fully saturated rings. The van der Waals surface area contributed by atoms with E-state index in [2.05, 4.69) is 0 Å². The first kappa shape index (κ1) is 15.4. The summed E-state index contributed by atoms with van der Waals surface area (Å²) in [7, 11) is 0. The fourth-order valence-corrected chi connectivity index (χ4v) is 2.23. The molecule has 0 spiro atoms. The van der Waals surface area contributed by atoms with E-state index in [-0.39, 0.29) is 22.2 Å². The van der Waals surface area contributed by atoms with Gasteiger partial charge in [-0.05, 0) is 29.8 Å². The maximum absolute atomic E-state index is 12.0. The number of halogens is 2. The highest BCUT2D eigenvalue weighted by atomic mass is 35.5. The number of carbonyl (C=O) groups is 2.